The van der Waals surface area contributed by atoms with Gasteiger partial charge in [-0.3, -0.25) is 25.0 Å². The third-order valence-corrected chi connectivity index (χ3v) is 5.09. The second-order valence-electron chi connectivity index (χ2n) is 6.78. The summed E-state index contributed by atoms with van der Waals surface area (Å²) < 4.78 is 10.7. The van der Waals surface area contributed by atoms with Crippen LogP contribution in [0, 0.1) is 10.1 Å². The van der Waals surface area contributed by atoms with Crippen LogP contribution in [0.3, 0.4) is 0 Å². The Hall–Kier alpha value is -4.44. The molecule has 0 saturated carbocycles. The first-order chi connectivity index (χ1) is 15.8. The molecule has 2 aromatic carbocycles. The number of nitro benzene ring substituents is 1. The molecule has 1 N–H and O–H groups in total. The number of anilines is 1. The number of amides is 4. The smallest absolute Gasteiger partial charge is 0.335 e. The number of urea groups is 1. The Kier molecular flexibility index (Phi) is 5.67. The molecule has 1 aliphatic rings. The van der Waals surface area contributed by atoms with E-state index in [0.717, 1.165) is 4.90 Å². The zero-order valence-electron chi connectivity index (χ0n) is 16.9. The van der Waals surface area contributed by atoms with Gasteiger partial charge in [-0.1, -0.05) is 11.6 Å². The minimum atomic E-state index is -0.888. The van der Waals surface area contributed by atoms with Crippen LogP contribution in [0.15, 0.2) is 64.6 Å². The first kappa shape index (κ1) is 21.8. The molecule has 3 aromatic rings. The third-order valence-electron chi connectivity index (χ3n) is 4.77. The number of furan rings is 1. The highest BCUT2D eigenvalue weighted by atomic mass is 35.5. The van der Waals surface area contributed by atoms with Gasteiger partial charge in [0.05, 0.1) is 17.7 Å². The Labute approximate surface area is 191 Å². The van der Waals surface area contributed by atoms with Crippen LogP contribution in [-0.2, 0) is 9.59 Å². The summed E-state index contributed by atoms with van der Waals surface area (Å²) in [7, 11) is 1.48. The number of nitrogens with zero attached hydrogens (tertiary/aromatic N) is 2. The summed E-state index contributed by atoms with van der Waals surface area (Å²) in [5.74, 6) is -0.802. The van der Waals surface area contributed by atoms with E-state index in [9.17, 15) is 24.5 Å². The van der Waals surface area contributed by atoms with Crippen LogP contribution in [0.2, 0.25) is 5.02 Å². The quantitative estimate of drug-likeness (QED) is 0.257. The molecule has 0 aliphatic carbocycles. The molecule has 0 atom stereocenters. The van der Waals surface area contributed by atoms with Gasteiger partial charge in [-0.25, -0.2) is 9.69 Å². The standard InChI is InChI=1S/C22H14ClN3O7/c1-32-14-5-3-13(4-6-14)25-21(28)16(20(27)24-22(25)29)11-15-7-9-19(33-15)12-2-8-17(23)18(10-12)26(30)31/h2-11H,1H3,(H,24,27,29)/b16-11+. The largest absolute Gasteiger partial charge is 0.497 e. The normalized spacial score (nSPS) is 15.0. The maximum atomic E-state index is 13.0. The number of carbonyl (C=O) groups excluding carboxylic acids is 3. The van der Waals surface area contributed by atoms with Crippen molar-refractivity contribution in [1.82, 2.24) is 5.32 Å². The van der Waals surface area contributed by atoms with E-state index in [-0.39, 0.29) is 33.5 Å². The molecule has 2 heterocycles. The highest BCUT2D eigenvalue weighted by Gasteiger charge is 2.37. The number of nitrogens with one attached hydrogen (secondary N) is 1. The van der Waals surface area contributed by atoms with E-state index in [0.29, 0.717) is 11.3 Å². The lowest BCUT2D eigenvalue weighted by Crippen LogP contribution is -2.54. The van der Waals surface area contributed by atoms with E-state index in [4.69, 9.17) is 20.8 Å². The van der Waals surface area contributed by atoms with Crippen LogP contribution < -0.4 is 15.0 Å². The number of nitro groups is 1. The van der Waals surface area contributed by atoms with Crippen LogP contribution >= 0.6 is 11.6 Å². The molecule has 0 unspecified atom stereocenters. The molecule has 0 radical (unpaired) electrons. The van der Waals surface area contributed by atoms with Gasteiger partial charge in [0, 0.05) is 11.6 Å². The molecule has 4 amide bonds. The Morgan fingerprint density at radius 2 is 1.82 bits per heavy atom. The molecule has 10 nitrogen and oxygen atoms in total. The number of hydrogen-bond donors (Lipinski definition) is 1. The highest BCUT2D eigenvalue weighted by Crippen LogP contribution is 2.32. The van der Waals surface area contributed by atoms with Crippen molar-refractivity contribution < 1.29 is 28.5 Å². The summed E-state index contributed by atoms with van der Waals surface area (Å²) in [6.45, 7) is 0. The van der Waals surface area contributed by atoms with E-state index >= 15 is 0 Å². The minimum absolute atomic E-state index is 0.0228. The average molecular weight is 468 g/mol. The lowest BCUT2D eigenvalue weighted by molar-refractivity contribution is -0.384. The number of carbonyl (C=O) groups is 3. The first-order valence-electron chi connectivity index (χ1n) is 9.38. The lowest BCUT2D eigenvalue weighted by Gasteiger charge is -2.26. The molecular weight excluding hydrogens is 454 g/mol. The maximum absolute atomic E-state index is 13.0. The van der Waals surface area contributed by atoms with Gasteiger partial charge in [-0.05, 0) is 54.6 Å². The second-order valence-corrected chi connectivity index (χ2v) is 7.19. The van der Waals surface area contributed by atoms with Gasteiger partial charge in [-0.15, -0.1) is 0 Å². The zero-order valence-corrected chi connectivity index (χ0v) is 17.7. The van der Waals surface area contributed by atoms with Crippen LogP contribution in [0.5, 0.6) is 5.75 Å². The summed E-state index contributed by atoms with van der Waals surface area (Å²) in [5, 5.41) is 13.2. The monoisotopic (exact) mass is 467 g/mol. The van der Waals surface area contributed by atoms with Crippen LogP contribution in [0.25, 0.3) is 17.4 Å². The molecule has 33 heavy (non-hydrogen) atoms. The first-order valence-corrected chi connectivity index (χ1v) is 9.76. The van der Waals surface area contributed by atoms with Crippen molar-refractivity contribution in [1.29, 1.82) is 0 Å². The predicted octanol–water partition coefficient (Wildman–Crippen LogP) is 4.18. The Balaban J connectivity index is 1.66. The maximum Gasteiger partial charge on any atom is 0.335 e. The van der Waals surface area contributed by atoms with Gasteiger partial charge >= 0.3 is 6.03 Å². The summed E-state index contributed by atoms with van der Waals surface area (Å²) in [4.78, 5) is 48.9. The van der Waals surface area contributed by atoms with E-state index < -0.39 is 22.8 Å². The third kappa shape index (κ3) is 4.19. The van der Waals surface area contributed by atoms with Gasteiger partial charge in [0.25, 0.3) is 17.5 Å². The van der Waals surface area contributed by atoms with Crippen molar-refractivity contribution in [2.24, 2.45) is 0 Å². The van der Waals surface area contributed by atoms with Crippen LogP contribution in [-0.4, -0.2) is 29.9 Å². The molecule has 166 valence electrons. The fraction of sp³-hybridized carbons (Fsp3) is 0.0455. The Morgan fingerprint density at radius 3 is 2.48 bits per heavy atom. The predicted molar refractivity (Wildman–Crippen MR) is 118 cm³/mol. The topological polar surface area (TPSA) is 132 Å². The van der Waals surface area contributed by atoms with Crippen molar-refractivity contribution in [3.63, 3.8) is 0 Å². The molecule has 0 bridgehead atoms. The van der Waals surface area contributed by atoms with E-state index in [2.05, 4.69) is 5.32 Å². The average Bonchev–Trinajstić information content (AvgIpc) is 3.26. The fourth-order valence-corrected chi connectivity index (χ4v) is 3.34. The molecular formula is C22H14ClN3O7. The molecule has 1 saturated heterocycles. The van der Waals surface area contributed by atoms with Crippen molar-refractivity contribution in [2.45, 2.75) is 0 Å². The van der Waals surface area contributed by atoms with Crippen molar-refractivity contribution in [3.8, 4) is 17.1 Å². The molecule has 4 rings (SSSR count). The number of rotatable bonds is 5. The fourth-order valence-electron chi connectivity index (χ4n) is 3.16. The van der Waals surface area contributed by atoms with Crippen molar-refractivity contribution >= 4 is 46.9 Å². The summed E-state index contributed by atoms with van der Waals surface area (Å²) >= 11 is 5.83. The molecule has 11 heteroatoms. The lowest BCUT2D eigenvalue weighted by atomic mass is 10.1. The minimum Gasteiger partial charge on any atom is -0.497 e. The van der Waals surface area contributed by atoms with E-state index in [1.165, 1.54) is 55.7 Å². The van der Waals surface area contributed by atoms with Gasteiger partial charge in [-0.2, -0.15) is 0 Å². The van der Waals surface area contributed by atoms with E-state index in [1.54, 1.807) is 12.1 Å². The Morgan fingerprint density at radius 1 is 1.09 bits per heavy atom. The number of imide groups is 2. The number of hydrogen-bond acceptors (Lipinski definition) is 7. The van der Waals surface area contributed by atoms with Crippen LogP contribution in [0.4, 0.5) is 16.2 Å². The number of benzene rings is 2. The zero-order chi connectivity index (χ0) is 23.7. The van der Waals surface area contributed by atoms with Crippen molar-refractivity contribution in [2.75, 3.05) is 12.0 Å². The van der Waals surface area contributed by atoms with Gasteiger partial charge in [0.1, 0.15) is 27.9 Å². The number of methoxy groups -OCH3 is 1. The number of barbiturate groups is 1. The van der Waals surface area contributed by atoms with Gasteiger partial charge < -0.3 is 9.15 Å². The SMILES string of the molecule is COc1ccc(N2C(=O)NC(=O)/C(=C\c3ccc(-c4ccc(Cl)c([N+](=O)[O-])c4)o3)C2=O)cc1. The molecule has 1 fully saturated rings. The van der Waals surface area contributed by atoms with Crippen LogP contribution in [0.1, 0.15) is 5.76 Å². The number of halogens is 1. The second kappa shape index (κ2) is 8.60. The number of ether oxygens (including phenoxy) is 1. The summed E-state index contributed by atoms with van der Waals surface area (Å²) in [6.07, 6.45) is 1.19. The summed E-state index contributed by atoms with van der Waals surface area (Å²) in [6, 6.07) is 12.4. The molecule has 1 aliphatic heterocycles. The molecule has 1 aromatic heterocycles. The van der Waals surface area contributed by atoms with Gasteiger partial charge in [0.2, 0.25) is 0 Å². The van der Waals surface area contributed by atoms with Gasteiger partial charge in [0.15, 0.2) is 0 Å². The summed E-state index contributed by atoms with van der Waals surface area (Å²) in [5.41, 5.74) is 0.00451. The molecule has 0 spiro atoms. The van der Waals surface area contributed by atoms with Crippen molar-refractivity contribution in [3.05, 3.63) is 81.1 Å². The van der Waals surface area contributed by atoms with E-state index in [1.807, 2.05) is 0 Å². The highest BCUT2D eigenvalue weighted by molar-refractivity contribution is 6.39. The Bertz CT molecular complexity index is 1330.